The number of ether oxygens (including phenoxy) is 1. The van der Waals surface area contributed by atoms with Gasteiger partial charge in [-0.15, -0.1) is 0 Å². The van der Waals surface area contributed by atoms with Gasteiger partial charge in [-0.1, -0.05) is 41.9 Å². The molecule has 0 heterocycles. The molecule has 28 heavy (non-hydrogen) atoms. The molecule has 6 nitrogen and oxygen atoms in total. The number of benzene rings is 2. The summed E-state index contributed by atoms with van der Waals surface area (Å²) in [6.45, 7) is 3.45. The molecule has 1 atom stereocenters. The SMILES string of the molecule is CC(C)OC(=O)CC(NC(=O)c1ccccc1S(C)(=O)=O)c1ccccc1Cl. The number of rotatable bonds is 7. The molecule has 0 aliphatic rings. The summed E-state index contributed by atoms with van der Waals surface area (Å²) in [4.78, 5) is 24.9. The normalized spacial score (nSPS) is 12.5. The van der Waals surface area contributed by atoms with Crippen LogP contribution >= 0.6 is 11.6 Å². The zero-order valence-corrected chi connectivity index (χ0v) is 17.4. The third-order valence-electron chi connectivity index (χ3n) is 3.86. The van der Waals surface area contributed by atoms with Crippen LogP contribution in [0.1, 0.15) is 42.2 Å². The first-order valence-corrected chi connectivity index (χ1v) is 10.9. The Labute approximate surface area is 169 Å². The molecule has 0 bridgehead atoms. The van der Waals surface area contributed by atoms with Crippen molar-refractivity contribution in [3.05, 3.63) is 64.7 Å². The van der Waals surface area contributed by atoms with E-state index in [2.05, 4.69) is 5.32 Å². The highest BCUT2D eigenvalue weighted by Crippen LogP contribution is 2.26. The van der Waals surface area contributed by atoms with E-state index in [0.29, 0.717) is 10.6 Å². The van der Waals surface area contributed by atoms with Gasteiger partial charge in [0.05, 0.1) is 29.0 Å². The van der Waals surface area contributed by atoms with Crippen molar-refractivity contribution in [2.24, 2.45) is 0 Å². The van der Waals surface area contributed by atoms with Crippen LogP contribution in [-0.4, -0.2) is 32.7 Å². The number of sulfone groups is 1. The summed E-state index contributed by atoms with van der Waals surface area (Å²) in [5.41, 5.74) is 0.536. The standard InChI is InChI=1S/C20H22ClNO5S/c1-13(2)27-19(23)12-17(14-8-4-6-10-16(14)21)22-20(24)15-9-5-7-11-18(15)28(3,25)26/h4-11,13,17H,12H2,1-3H3,(H,22,24). The van der Waals surface area contributed by atoms with Gasteiger partial charge in [-0.3, -0.25) is 9.59 Å². The van der Waals surface area contributed by atoms with Crippen molar-refractivity contribution >= 4 is 33.3 Å². The average Bonchev–Trinajstić information content (AvgIpc) is 2.60. The molecule has 0 saturated carbocycles. The average molecular weight is 424 g/mol. The van der Waals surface area contributed by atoms with E-state index in [4.69, 9.17) is 16.3 Å². The number of amides is 1. The largest absolute Gasteiger partial charge is 0.463 e. The second-order valence-electron chi connectivity index (χ2n) is 6.56. The van der Waals surface area contributed by atoms with Crippen molar-refractivity contribution in [2.75, 3.05) is 6.26 Å². The summed E-state index contributed by atoms with van der Waals surface area (Å²) in [6.07, 6.45) is 0.584. The Balaban J connectivity index is 2.37. The van der Waals surface area contributed by atoms with Gasteiger partial charge in [-0.2, -0.15) is 0 Å². The number of nitrogens with one attached hydrogen (secondary N) is 1. The molecule has 0 spiro atoms. The zero-order chi connectivity index (χ0) is 20.9. The maximum atomic E-state index is 12.8. The quantitative estimate of drug-likeness (QED) is 0.688. The molecule has 2 rings (SSSR count). The topological polar surface area (TPSA) is 89.5 Å². The lowest BCUT2D eigenvalue weighted by atomic mass is 10.0. The number of carbonyl (C=O) groups is 2. The summed E-state index contributed by atoms with van der Waals surface area (Å²) >= 11 is 6.24. The summed E-state index contributed by atoms with van der Waals surface area (Å²) in [6, 6.07) is 11.9. The molecule has 0 aliphatic carbocycles. The minimum Gasteiger partial charge on any atom is -0.463 e. The summed E-state index contributed by atoms with van der Waals surface area (Å²) < 4.78 is 29.2. The van der Waals surface area contributed by atoms with Crippen LogP contribution < -0.4 is 5.32 Å². The van der Waals surface area contributed by atoms with Gasteiger partial charge in [0.25, 0.3) is 5.91 Å². The van der Waals surface area contributed by atoms with E-state index in [-0.39, 0.29) is 23.0 Å². The first-order valence-electron chi connectivity index (χ1n) is 8.63. The van der Waals surface area contributed by atoms with Crippen molar-refractivity contribution in [1.82, 2.24) is 5.32 Å². The molecular formula is C20H22ClNO5S. The maximum absolute atomic E-state index is 12.8. The van der Waals surface area contributed by atoms with Crippen LogP contribution in [0.15, 0.2) is 53.4 Å². The monoisotopic (exact) mass is 423 g/mol. The Morgan fingerprint density at radius 1 is 1.07 bits per heavy atom. The Morgan fingerprint density at radius 3 is 2.29 bits per heavy atom. The highest BCUT2D eigenvalue weighted by atomic mass is 35.5. The molecule has 0 radical (unpaired) electrons. The Bertz CT molecular complexity index is 972. The van der Waals surface area contributed by atoms with E-state index >= 15 is 0 Å². The Morgan fingerprint density at radius 2 is 1.68 bits per heavy atom. The van der Waals surface area contributed by atoms with Gasteiger partial charge in [0.15, 0.2) is 9.84 Å². The third-order valence-corrected chi connectivity index (χ3v) is 5.35. The molecule has 0 aliphatic heterocycles. The molecule has 1 N–H and O–H groups in total. The number of esters is 1. The smallest absolute Gasteiger partial charge is 0.308 e. The lowest BCUT2D eigenvalue weighted by molar-refractivity contribution is -0.147. The van der Waals surface area contributed by atoms with E-state index in [1.807, 2.05) is 0 Å². The van der Waals surface area contributed by atoms with Crippen molar-refractivity contribution in [1.29, 1.82) is 0 Å². The van der Waals surface area contributed by atoms with Gasteiger partial charge in [-0.05, 0) is 37.6 Å². The summed E-state index contributed by atoms with van der Waals surface area (Å²) in [7, 11) is -3.60. The van der Waals surface area contributed by atoms with E-state index in [1.165, 1.54) is 12.1 Å². The van der Waals surface area contributed by atoms with Crippen molar-refractivity contribution < 1.29 is 22.7 Å². The predicted octanol–water partition coefficient (Wildman–Crippen LogP) is 3.56. The van der Waals surface area contributed by atoms with Gasteiger partial charge < -0.3 is 10.1 Å². The molecule has 0 aromatic heterocycles. The Kier molecular flexibility index (Phi) is 7.21. The maximum Gasteiger partial charge on any atom is 0.308 e. The van der Waals surface area contributed by atoms with Crippen molar-refractivity contribution in [3.8, 4) is 0 Å². The molecule has 1 amide bonds. The highest BCUT2D eigenvalue weighted by molar-refractivity contribution is 7.90. The van der Waals surface area contributed by atoms with E-state index < -0.39 is 27.8 Å². The van der Waals surface area contributed by atoms with Crippen LogP contribution in [0, 0.1) is 0 Å². The third kappa shape index (κ3) is 5.81. The highest BCUT2D eigenvalue weighted by Gasteiger charge is 2.25. The lowest BCUT2D eigenvalue weighted by Gasteiger charge is -2.21. The molecule has 0 saturated heterocycles. The summed E-state index contributed by atoms with van der Waals surface area (Å²) in [5, 5.41) is 3.09. The molecule has 150 valence electrons. The fourth-order valence-corrected chi connectivity index (χ4v) is 3.84. The van der Waals surface area contributed by atoms with Gasteiger partial charge in [0, 0.05) is 11.3 Å². The minimum atomic E-state index is -3.60. The van der Waals surface area contributed by atoms with Gasteiger partial charge >= 0.3 is 5.97 Å². The first kappa shape index (κ1) is 21.9. The summed E-state index contributed by atoms with van der Waals surface area (Å²) in [5.74, 6) is -1.13. The van der Waals surface area contributed by atoms with Gasteiger partial charge in [-0.25, -0.2) is 8.42 Å². The second-order valence-corrected chi connectivity index (χ2v) is 8.95. The van der Waals surface area contributed by atoms with Crippen LogP contribution in [0.5, 0.6) is 0 Å². The van der Waals surface area contributed by atoms with Crippen LogP contribution in [0.4, 0.5) is 0 Å². The molecule has 1 unspecified atom stereocenters. The van der Waals surface area contributed by atoms with Gasteiger partial charge in [0.2, 0.25) is 0 Å². The van der Waals surface area contributed by atoms with Crippen LogP contribution in [0.2, 0.25) is 5.02 Å². The second kappa shape index (κ2) is 9.21. The van der Waals surface area contributed by atoms with E-state index in [0.717, 1.165) is 6.26 Å². The first-order chi connectivity index (χ1) is 13.1. The molecule has 0 fully saturated rings. The molecule has 2 aromatic rings. The van der Waals surface area contributed by atoms with E-state index in [9.17, 15) is 18.0 Å². The van der Waals surface area contributed by atoms with Crippen molar-refractivity contribution in [2.45, 2.75) is 37.3 Å². The fraction of sp³-hybridized carbons (Fsp3) is 0.300. The van der Waals surface area contributed by atoms with Gasteiger partial charge in [0.1, 0.15) is 0 Å². The minimum absolute atomic E-state index is 0.000666. The molecule has 2 aromatic carbocycles. The number of hydrogen-bond acceptors (Lipinski definition) is 5. The number of carbonyl (C=O) groups excluding carboxylic acids is 2. The van der Waals surface area contributed by atoms with Crippen molar-refractivity contribution in [3.63, 3.8) is 0 Å². The van der Waals surface area contributed by atoms with Crippen LogP contribution in [-0.2, 0) is 19.4 Å². The van der Waals surface area contributed by atoms with Crippen LogP contribution in [0.25, 0.3) is 0 Å². The number of hydrogen-bond donors (Lipinski definition) is 1. The van der Waals surface area contributed by atoms with Crippen LogP contribution in [0.3, 0.4) is 0 Å². The predicted molar refractivity (Wildman–Crippen MR) is 107 cm³/mol. The fourth-order valence-electron chi connectivity index (χ4n) is 2.69. The Hall–Kier alpha value is -2.38. The molecule has 8 heteroatoms. The van der Waals surface area contributed by atoms with E-state index in [1.54, 1.807) is 50.2 Å². The lowest BCUT2D eigenvalue weighted by Crippen LogP contribution is -2.32. The zero-order valence-electron chi connectivity index (χ0n) is 15.8. The number of halogens is 1. The molecular weight excluding hydrogens is 402 g/mol.